The van der Waals surface area contributed by atoms with Crippen LogP contribution < -0.4 is 4.74 Å². The highest BCUT2D eigenvalue weighted by molar-refractivity contribution is 5.82. The van der Waals surface area contributed by atoms with Crippen molar-refractivity contribution < 1.29 is 9.13 Å². The molecule has 0 aliphatic carbocycles. The Kier molecular flexibility index (Phi) is 2.84. The predicted molar refractivity (Wildman–Crippen MR) is 72.8 cm³/mol. The van der Waals surface area contributed by atoms with E-state index in [-0.39, 0.29) is 5.56 Å². The molecule has 1 N–H and O–H groups in total. The molecule has 0 atom stereocenters. The number of benzene rings is 2. The number of H-pyrrole nitrogens is 1. The van der Waals surface area contributed by atoms with Gasteiger partial charge >= 0.3 is 0 Å². The summed E-state index contributed by atoms with van der Waals surface area (Å²) in [5, 5.41) is 8.88. The van der Waals surface area contributed by atoms with E-state index in [0.717, 1.165) is 0 Å². The molecule has 1 heterocycles. The van der Waals surface area contributed by atoms with Crippen LogP contribution in [0.5, 0.6) is 5.75 Å². The van der Waals surface area contributed by atoms with Gasteiger partial charge in [0.1, 0.15) is 17.4 Å². The van der Waals surface area contributed by atoms with Gasteiger partial charge in [0.25, 0.3) is 0 Å². The van der Waals surface area contributed by atoms with Gasteiger partial charge in [0, 0.05) is 0 Å². The number of aromatic nitrogens is 2. The summed E-state index contributed by atoms with van der Waals surface area (Å²) in [6.07, 6.45) is 0. The third-order valence-corrected chi connectivity index (χ3v) is 3.04. The summed E-state index contributed by atoms with van der Waals surface area (Å²) in [7, 11) is 1.48. The molecule has 2 aromatic carbocycles. The highest BCUT2D eigenvalue weighted by Crippen LogP contribution is 2.31. The summed E-state index contributed by atoms with van der Waals surface area (Å²) < 4.78 is 19.2. The highest BCUT2D eigenvalue weighted by atomic mass is 19.1. The van der Waals surface area contributed by atoms with Crippen LogP contribution in [0.25, 0.3) is 22.4 Å². The molecule has 0 fully saturated rings. The number of hydrogen-bond acceptors (Lipinski definition) is 3. The quantitative estimate of drug-likeness (QED) is 0.775. The molecule has 4 nitrogen and oxygen atoms in total. The molecule has 0 unspecified atom stereocenters. The van der Waals surface area contributed by atoms with Crippen LogP contribution in [0, 0.1) is 17.1 Å². The van der Waals surface area contributed by atoms with Crippen LogP contribution in [-0.2, 0) is 0 Å². The fraction of sp³-hybridized carbons (Fsp3) is 0.0667. The molecule has 0 aliphatic rings. The van der Waals surface area contributed by atoms with Crippen LogP contribution in [0.15, 0.2) is 36.4 Å². The smallest absolute Gasteiger partial charge is 0.145 e. The lowest BCUT2D eigenvalue weighted by Gasteiger charge is -2.06. The van der Waals surface area contributed by atoms with Crippen molar-refractivity contribution in [3.63, 3.8) is 0 Å². The van der Waals surface area contributed by atoms with Crippen molar-refractivity contribution >= 4 is 11.0 Å². The molecule has 1 aromatic heterocycles. The summed E-state index contributed by atoms with van der Waals surface area (Å²) in [6.45, 7) is 0. The predicted octanol–water partition coefficient (Wildman–Crippen LogP) is 3.25. The summed E-state index contributed by atoms with van der Waals surface area (Å²) in [6, 6.07) is 11.7. The van der Waals surface area contributed by atoms with Crippen molar-refractivity contribution in [3.8, 4) is 23.2 Å². The van der Waals surface area contributed by atoms with E-state index >= 15 is 0 Å². The number of hydrogen-bond donors (Lipinski definition) is 1. The molecule has 0 spiro atoms. The van der Waals surface area contributed by atoms with Gasteiger partial charge < -0.3 is 9.72 Å². The average molecular weight is 267 g/mol. The van der Waals surface area contributed by atoms with Crippen molar-refractivity contribution in [2.24, 2.45) is 0 Å². The summed E-state index contributed by atoms with van der Waals surface area (Å²) in [5.74, 6) is 0.374. The molecule has 0 radical (unpaired) electrons. The second kappa shape index (κ2) is 4.67. The maximum Gasteiger partial charge on any atom is 0.145 e. The van der Waals surface area contributed by atoms with Crippen LogP contribution in [0.1, 0.15) is 5.56 Å². The molecule has 20 heavy (non-hydrogen) atoms. The van der Waals surface area contributed by atoms with Crippen LogP contribution in [-0.4, -0.2) is 17.1 Å². The number of halogens is 1. The van der Waals surface area contributed by atoms with Gasteiger partial charge in [-0.3, -0.25) is 0 Å². The summed E-state index contributed by atoms with van der Waals surface area (Å²) >= 11 is 0. The van der Waals surface area contributed by atoms with E-state index in [0.29, 0.717) is 28.2 Å². The largest absolute Gasteiger partial charge is 0.496 e. The van der Waals surface area contributed by atoms with Crippen LogP contribution in [0.3, 0.4) is 0 Å². The van der Waals surface area contributed by atoms with Crippen LogP contribution in [0.4, 0.5) is 4.39 Å². The summed E-state index contributed by atoms with van der Waals surface area (Å²) in [5.41, 5.74) is 2.16. The molecule has 3 aromatic rings. The zero-order valence-electron chi connectivity index (χ0n) is 10.6. The van der Waals surface area contributed by atoms with Gasteiger partial charge in [-0.15, -0.1) is 0 Å². The molecule has 0 saturated carbocycles. The Bertz CT molecular complexity index is 833. The fourth-order valence-corrected chi connectivity index (χ4v) is 2.10. The van der Waals surface area contributed by atoms with Crippen LogP contribution in [0.2, 0.25) is 0 Å². The Labute approximate surface area is 114 Å². The number of ether oxygens (including phenoxy) is 1. The number of methoxy groups -OCH3 is 1. The average Bonchev–Trinajstić information content (AvgIpc) is 2.88. The maximum atomic E-state index is 14.0. The molecular weight excluding hydrogens is 257 g/mol. The minimum absolute atomic E-state index is 0.282. The number of rotatable bonds is 2. The Hall–Kier alpha value is -2.87. The minimum atomic E-state index is -0.413. The molecule has 0 bridgehead atoms. The van der Waals surface area contributed by atoms with E-state index in [4.69, 9.17) is 10.00 Å². The molecule has 0 saturated heterocycles. The number of nitrogens with zero attached hydrogens (tertiary/aromatic N) is 2. The normalized spacial score (nSPS) is 10.4. The molecule has 0 aliphatic heterocycles. The van der Waals surface area contributed by atoms with E-state index < -0.39 is 5.82 Å². The van der Waals surface area contributed by atoms with Crippen molar-refractivity contribution in [2.75, 3.05) is 7.11 Å². The van der Waals surface area contributed by atoms with Gasteiger partial charge in [-0.1, -0.05) is 6.07 Å². The Morgan fingerprint density at radius 2 is 2.15 bits per heavy atom. The van der Waals surface area contributed by atoms with E-state index in [1.807, 2.05) is 0 Å². The van der Waals surface area contributed by atoms with Crippen LogP contribution >= 0.6 is 0 Å². The van der Waals surface area contributed by atoms with Crippen molar-refractivity contribution in [3.05, 3.63) is 47.8 Å². The Morgan fingerprint density at radius 3 is 2.90 bits per heavy atom. The first-order valence-electron chi connectivity index (χ1n) is 5.95. The third-order valence-electron chi connectivity index (χ3n) is 3.04. The van der Waals surface area contributed by atoms with E-state index in [1.165, 1.54) is 13.2 Å². The van der Waals surface area contributed by atoms with Gasteiger partial charge in [0.05, 0.1) is 35.3 Å². The van der Waals surface area contributed by atoms with Gasteiger partial charge in [-0.05, 0) is 30.3 Å². The monoisotopic (exact) mass is 267 g/mol. The van der Waals surface area contributed by atoms with Gasteiger partial charge in [0.15, 0.2) is 0 Å². The molecule has 5 heteroatoms. The van der Waals surface area contributed by atoms with Gasteiger partial charge in [0.2, 0.25) is 0 Å². The van der Waals surface area contributed by atoms with E-state index in [9.17, 15) is 4.39 Å². The standard InChI is InChI=1S/C15H10FN3O/c1-20-13-4-2-3-10(16)14(13)15-18-11-6-5-9(8-17)7-12(11)19-15/h2-7H,1H3,(H,18,19). The van der Waals surface area contributed by atoms with E-state index in [1.54, 1.807) is 30.3 Å². The molecular formula is C15H10FN3O. The first kappa shape index (κ1) is 12.2. The Morgan fingerprint density at radius 1 is 1.30 bits per heavy atom. The SMILES string of the molecule is COc1cccc(F)c1-c1nc2ccc(C#N)cc2[nH]1. The topological polar surface area (TPSA) is 61.7 Å². The minimum Gasteiger partial charge on any atom is -0.496 e. The molecule has 3 rings (SSSR count). The summed E-state index contributed by atoms with van der Waals surface area (Å²) in [4.78, 5) is 7.36. The number of nitriles is 1. The fourth-order valence-electron chi connectivity index (χ4n) is 2.10. The number of fused-ring (bicyclic) bond motifs is 1. The molecule has 98 valence electrons. The number of imidazole rings is 1. The number of nitrogens with one attached hydrogen (secondary N) is 1. The zero-order chi connectivity index (χ0) is 14.1. The first-order chi connectivity index (χ1) is 9.72. The van der Waals surface area contributed by atoms with E-state index in [2.05, 4.69) is 16.0 Å². The van der Waals surface area contributed by atoms with Crippen molar-refractivity contribution in [2.45, 2.75) is 0 Å². The lowest BCUT2D eigenvalue weighted by Crippen LogP contribution is -1.92. The Balaban J connectivity index is 2.23. The lowest BCUT2D eigenvalue weighted by molar-refractivity contribution is 0.413. The third kappa shape index (κ3) is 1.88. The highest BCUT2D eigenvalue weighted by Gasteiger charge is 2.15. The van der Waals surface area contributed by atoms with Crippen molar-refractivity contribution in [1.82, 2.24) is 9.97 Å². The lowest BCUT2D eigenvalue weighted by atomic mass is 10.2. The molecule has 0 amide bonds. The second-order valence-electron chi connectivity index (χ2n) is 4.25. The van der Waals surface area contributed by atoms with Gasteiger partial charge in [-0.25, -0.2) is 9.37 Å². The number of aromatic amines is 1. The first-order valence-corrected chi connectivity index (χ1v) is 5.95. The zero-order valence-corrected chi connectivity index (χ0v) is 10.6. The van der Waals surface area contributed by atoms with Gasteiger partial charge in [-0.2, -0.15) is 5.26 Å². The van der Waals surface area contributed by atoms with Crippen molar-refractivity contribution in [1.29, 1.82) is 5.26 Å². The second-order valence-corrected chi connectivity index (χ2v) is 4.25. The maximum absolute atomic E-state index is 14.0.